The highest BCUT2D eigenvalue weighted by molar-refractivity contribution is 9.13. The Balaban J connectivity index is 2.86. The molecule has 0 aliphatic rings. The van der Waals surface area contributed by atoms with Crippen LogP contribution in [0.1, 0.15) is 0 Å². The van der Waals surface area contributed by atoms with Crippen molar-refractivity contribution in [2.75, 3.05) is 0 Å². The molecule has 2 aromatic rings. The Morgan fingerprint density at radius 2 is 1.80 bits per heavy atom. The van der Waals surface area contributed by atoms with Crippen LogP contribution in [0.4, 0.5) is 5.69 Å². The van der Waals surface area contributed by atoms with E-state index in [9.17, 15) is 10.1 Å². The number of nitro benzene ring substituents is 1. The van der Waals surface area contributed by atoms with Crippen molar-refractivity contribution in [1.29, 1.82) is 0 Å². The first-order chi connectivity index (χ1) is 7.09. The number of hydrogen-bond acceptors (Lipinski definition) is 2. The molecule has 3 nitrogen and oxygen atoms in total. The molecule has 0 saturated carbocycles. The first-order valence-electron chi connectivity index (χ1n) is 4.12. The van der Waals surface area contributed by atoms with Crippen molar-refractivity contribution in [3.8, 4) is 0 Å². The molecule has 15 heavy (non-hydrogen) atoms. The standard InChI is InChI=1S/C10H5Br2NO2/c11-8-4-6-2-1-3-10(13(14)15)7(6)5-9(8)12/h1-5H. The van der Waals surface area contributed by atoms with Crippen LogP contribution in [0.25, 0.3) is 10.8 Å². The van der Waals surface area contributed by atoms with Gasteiger partial charge in [-0.1, -0.05) is 12.1 Å². The monoisotopic (exact) mass is 329 g/mol. The normalized spacial score (nSPS) is 10.5. The number of non-ortho nitro benzene ring substituents is 1. The minimum absolute atomic E-state index is 0.126. The summed E-state index contributed by atoms with van der Waals surface area (Å²) < 4.78 is 1.69. The van der Waals surface area contributed by atoms with Gasteiger partial charge in [-0.25, -0.2) is 0 Å². The van der Waals surface area contributed by atoms with Crippen LogP contribution in [0, 0.1) is 10.1 Å². The lowest BCUT2D eigenvalue weighted by atomic mass is 10.1. The quantitative estimate of drug-likeness (QED) is 0.578. The van der Waals surface area contributed by atoms with Crippen LogP contribution < -0.4 is 0 Å². The predicted octanol–water partition coefficient (Wildman–Crippen LogP) is 4.27. The summed E-state index contributed by atoms with van der Waals surface area (Å²) >= 11 is 6.69. The van der Waals surface area contributed by atoms with Gasteiger partial charge in [-0.05, 0) is 49.4 Å². The molecule has 2 aromatic carbocycles. The van der Waals surface area contributed by atoms with Crippen LogP contribution in [0.3, 0.4) is 0 Å². The third-order valence-corrected chi connectivity index (χ3v) is 3.94. The van der Waals surface area contributed by atoms with Crippen molar-refractivity contribution in [2.24, 2.45) is 0 Å². The molecule has 0 aromatic heterocycles. The number of hydrogen-bond donors (Lipinski definition) is 0. The number of nitrogens with zero attached hydrogens (tertiary/aromatic N) is 1. The second kappa shape index (κ2) is 3.90. The first-order valence-corrected chi connectivity index (χ1v) is 5.70. The van der Waals surface area contributed by atoms with E-state index >= 15 is 0 Å². The van der Waals surface area contributed by atoms with Crippen molar-refractivity contribution in [2.45, 2.75) is 0 Å². The van der Waals surface area contributed by atoms with Gasteiger partial charge in [-0.2, -0.15) is 0 Å². The van der Waals surface area contributed by atoms with Gasteiger partial charge in [0.15, 0.2) is 0 Å². The minimum Gasteiger partial charge on any atom is -0.258 e. The van der Waals surface area contributed by atoms with Gasteiger partial charge < -0.3 is 0 Å². The van der Waals surface area contributed by atoms with Gasteiger partial charge in [0.2, 0.25) is 0 Å². The Morgan fingerprint density at radius 1 is 1.13 bits per heavy atom. The molecule has 5 heteroatoms. The molecular weight excluding hydrogens is 326 g/mol. The molecule has 0 radical (unpaired) electrons. The highest BCUT2D eigenvalue weighted by Crippen LogP contribution is 2.33. The number of fused-ring (bicyclic) bond motifs is 1. The summed E-state index contributed by atoms with van der Waals surface area (Å²) in [7, 11) is 0. The second-order valence-electron chi connectivity index (χ2n) is 3.02. The molecular formula is C10H5Br2NO2. The Bertz CT molecular complexity index is 554. The number of halogens is 2. The lowest BCUT2D eigenvalue weighted by Crippen LogP contribution is -1.89. The number of nitro groups is 1. The van der Waals surface area contributed by atoms with E-state index in [1.54, 1.807) is 12.1 Å². The predicted molar refractivity (Wildman–Crippen MR) is 66.0 cm³/mol. The number of benzene rings is 2. The third kappa shape index (κ3) is 1.89. The summed E-state index contributed by atoms with van der Waals surface area (Å²) in [4.78, 5) is 10.4. The van der Waals surface area contributed by atoms with E-state index < -0.39 is 0 Å². The highest BCUT2D eigenvalue weighted by Gasteiger charge is 2.12. The molecule has 0 spiro atoms. The smallest absolute Gasteiger partial charge is 0.258 e. The zero-order valence-electron chi connectivity index (χ0n) is 7.41. The van der Waals surface area contributed by atoms with Crippen LogP contribution in [0.5, 0.6) is 0 Å². The van der Waals surface area contributed by atoms with Gasteiger partial charge in [0.05, 0.1) is 10.3 Å². The Morgan fingerprint density at radius 3 is 2.47 bits per heavy atom. The summed E-state index contributed by atoms with van der Waals surface area (Å²) in [5, 5.41) is 12.3. The summed E-state index contributed by atoms with van der Waals surface area (Å²) in [6, 6.07) is 8.63. The average Bonchev–Trinajstić information content (AvgIpc) is 2.18. The van der Waals surface area contributed by atoms with E-state index in [0.29, 0.717) is 5.39 Å². The van der Waals surface area contributed by atoms with E-state index in [2.05, 4.69) is 31.9 Å². The van der Waals surface area contributed by atoms with Crippen molar-refractivity contribution in [3.05, 3.63) is 49.4 Å². The Kier molecular flexibility index (Phi) is 2.75. The molecule has 0 heterocycles. The minimum atomic E-state index is -0.372. The molecule has 0 unspecified atom stereocenters. The van der Waals surface area contributed by atoms with Crippen molar-refractivity contribution >= 4 is 48.3 Å². The topological polar surface area (TPSA) is 43.1 Å². The lowest BCUT2D eigenvalue weighted by Gasteiger charge is -2.02. The average molecular weight is 331 g/mol. The summed E-state index contributed by atoms with van der Waals surface area (Å²) in [5.74, 6) is 0. The largest absolute Gasteiger partial charge is 0.277 e. The Hall–Kier alpha value is -0.940. The summed E-state index contributed by atoms with van der Waals surface area (Å²) in [5.41, 5.74) is 0.126. The van der Waals surface area contributed by atoms with Gasteiger partial charge in [0.25, 0.3) is 5.69 Å². The SMILES string of the molecule is O=[N+]([O-])c1cccc2cc(Br)c(Br)cc12. The van der Waals surface area contributed by atoms with E-state index in [-0.39, 0.29) is 10.6 Å². The van der Waals surface area contributed by atoms with Crippen molar-refractivity contribution in [3.63, 3.8) is 0 Å². The fraction of sp³-hybridized carbons (Fsp3) is 0. The molecule has 0 bridgehead atoms. The van der Waals surface area contributed by atoms with Gasteiger partial charge in [-0.15, -0.1) is 0 Å². The van der Waals surface area contributed by atoms with Crippen molar-refractivity contribution in [1.82, 2.24) is 0 Å². The molecule has 0 fully saturated rings. The third-order valence-electron chi connectivity index (χ3n) is 2.09. The van der Waals surface area contributed by atoms with E-state index in [1.807, 2.05) is 12.1 Å². The van der Waals surface area contributed by atoms with E-state index in [1.165, 1.54) is 6.07 Å². The summed E-state index contributed by atoms with van der Waals surface area (Å²) in [6.07, 6.45) is 0. The van der Waals surface area contributed by atoms with Crippen molar-refractivity contribution < 1.29 is 4.92 Å². The molecule has 0 aliphatic carbocycles. The summed E-state index contributed by atoms with van der Waals surface area (Å²) in [6.45, 7) is 0. The lowest BCUT2D eigenvalue weighted by molar-refractivity contribution is -0.383. The molecule has 0 saturated heterocycles. The molecule has 0 atom stereocenters. The fourth-order valence-electron chi connectivity index (χ4n) is 1.41. The van der Waals surface area contributed by atoms with Crippen LogP contribution in [-0.4, -0.2) is 4.92 Å². The van der Waals surface area contributed by atoms with Crippen LogP contribution in [-0.2, 0) is 0 Å². The molecule has 0 aliphatic heterocycles. The highest BCUT2D eigenvalue weighted by atomic mass is 79.9. The van der Waals surface area contributed by atoms with Gasteiger partial charge >= 0.3 is 0 Å². The molecule has 0 N–H and O–H groups in total. The fourth-order valence-corrected chi connectivity index (χ4v) is 2.12. The van der Waals surface area contributed by atoms with Gasteiger partial charge in [-0.3, -0.25) is 10.1 Å². The number of rotatable bonds is 1. The second-order valence-corrected chi connectivity index (χ2v) is 4.73. The molecule has 76 valence electrons. The van der Waals surface area contributed by atoms with E-state index in [4.69, 9.17) is 0 Å². The molecule has 0 amide bonds. The zero-order valence-corrected chi connectivity index (χ0v) is 10.6. The van der Waals surface area contributed by atoms with E-state index in [0.717, 1.165) is 14.3 Å². The maximum atomic E-state index is 10.8. The van der Waals surface area contributed by atoms with Crippen LogP contribution >= 0.6 is 31.9 Å². The maximum Gasteiger partial charge on any atom is 0.277 e. The van der Waals surface area contributed by atoms with Crippen LogP contribution in [0.2, 0.25) is 0 Å². The van der Waals surface area contributed by atoms with Gasteiger partial charge in [0, 0.05) is 15.0 Å². The van der Waals surface area contributed by atoms with Crippen LogP contribution in [0.15, 0.2) is 39.3 Å². The Labute approximate surface area is 103 Å². The first kappa shape index (κ1) is 10.6. The molecule has 2 rings (SSSR count). The van der Waals surface area contributed by atoms with Gasteiger partial charge in [0.1, 0.15) is 0 Å². The maximum absolute atomic E-state index is 10.8. The zero-order chi connectivity index (χ0) is 11.0.